The summed E-state index contributed by atoms with van der Waals surface area (Å²) in [5, 5.41) is 3.53. The Morgan fingerprint density at radius 2 is 2.12 bits per heavy atom. The minimum Gasteiger partial charge on any atom is -0.335 e. The van der Waals surface area contributed by atoms with Crippen LogP contribution in [0, 0.1) is 5.92 Å². The van der Waals surface area contributed by atoms with Crippen LogP contribution in [-0.2, 0) is 13.0 Å². The molecule has 0 radical (unpaired) electrons. The zero-order valence-electron chi connectivity index (χ0n) is 11.2. The maximum atomic E-state index is 4.41. The van der Waals surface area contributed by atoms with E-state index in [1.807, 2.05) is 6.20 Å². The van der Waals surface area contributed by atoms with E-state index >= 15 is 0 Å². The van der Waals surface area contributed by atoms with Gasteiger partial charge in [0.05, 0.1) is 0 Å². The molecule has 0 aromatic carbocycles. The van der Waals surface area contributed by atoms with Gasteiger partial charge < -0.3 is 9.88 Å². The molecule has 1 atom stereocenters. The molecule has 0 spiro atoms. The Kier molecular flexibility index (Phi) is 4.54. The molecule has 0 aliphatic heterocycles. The van der Waals surface area contributed by atoms with Gasteiger partial charge >= 0.3 is 0 Å². The average Bonchev–Trinajstić information content (AvgIpc) is 2.61. The van der Waals surface area contributed by atoms with Crippen LogP contribution in [0.4, 0.5) is 0 Å². The molecular weight excluding hydrogens is 198 g/mol. The summed E-state index contributed by atoms with van der Waals surface area (Å²) >= 11 is 0. The molecule has 1 rings (SSSR count). The van der Waals surface area contributed by atoms with Gasteiger partial charge in [-0.25, -0.2) is 4.98 Å². The van der Waals surface area contributed by atoms with Crippen molar-refractivity contribution in [1.29, 1.82) is 0 Å². The first kappa shape index (κ1) is 13.2. The predicted molar refractivity (Wildman–Crippen MR) is 68.5 cm³/mol. The van der Waals surface area contributed by atoms with Gasteiger partial charge in [-0.1, -0.05) is 6.92 Å². The van der Waals surface area contributed by atoms with Crippen LogP contribution in [0.1, 0.15) is 40.4 Å². The Labute approximate surface area is 99.3 Å². The van der Waals surface area contributed by atoms with Crippen molar-refractivity contribution < 1.29 is 0 Å². The molecule has 16 heavy (non-hydrogen) atoms. The number of aromatic nitrogens is 2. The van der Waals surface area contributed by atoms with Crippen LogP contribution in [0.2, 0.25) is 0 Å². The summed E-state index contributed by atoms with van der Waals surface area (Å²) in [7, 11) is 0. The lowest BCUT2D eigenvalue weighted by atomic mass is 10.0. The lowest BCUT2D eigenvalue weighted by molar-refractivity contribution is 0.377. The monoisotopic (exact) mass is 223 g/mol. The van der Waals surface area contributed by atoms with Crippen molar-refractivity contribution in [3.05, 3.63) is 18.2 Å². The minimum atomic E-state index is 0.203. The largest absolute Gasteiger partial charge is 0.335 e. The fourth-order valence-electron chi connectivity index (χ4n) is 1.68. The van der Waals surface area contributed by atoms with Crippen molar-refractivity contribution in [2.75, 3.05) is 6.54 Å². The van der Waals surface area contributed by atoms with Crippen molar-refractivity contribution in [3.63, 3.8) is 0 Å². The molecular formula is C13H25N3. The van der Waals surface area contributed by atoms with E-state index in [1.54, 1.807) is 0 Å². The second-order valence-corrected chi connectivity index (χ2v) is 5.57. The molecule has 3 heteroatoms. The van der Waals surface area contributed by atoms with Crippen LogP contribution in [0.15, 0.2) is 12.4 Å². The molecule has 0 saturated heterocycles. The van der Waals surface area contributed by atoms with Crippen LogP contribution in [-0.4, -0.2) is 21.6 Å². The summed E-state index contributed by atoms with van der Waals surface area (Å²) in [6.45, 7) is 13.1. The lowest BCUT2D eigenvalue weighted by Gasteiger charge is -2.23. The summed E-state index contributed by atoms with van der Waals surface area (Å²) in [5.41, 5.74) is 0.203. The summed E-state index contributed by atoms with van der Waals surface area (Å²) in [5.74, 6) is 1.82. The van der Waals surface area contributed by atoms with Gasteiger partial charge in [0.15, 0.2) is 0 Å². The highest BCUT2D eigenvalue weighted by molar-refractivity contribution is 4.93. The summed E-state index contributed by atoms with van der Waals surface area (Å²) in [4.78, 5) is 4.41. The number of nitrogens with one attached hydrogen (secondary N) is 1. The minimum absolute atomic E-state index is 0.203. The second kappa shape index (κ2) is 5.48. The molecule has 92 valence electrons. The Bertz CT molecular complexity index is 309. The fourth-order valence-corrected chi connectivity index (χ4v) is 1.68. The molecule has 0 aliphatic carbocycles. The molecule has 0 amide bonds. The second-order valence-electron chi connectivity index (χ2n) is 5.57. The van der Waals surface area contributed by atoms with Crippen molar-refractivity contribution in [3.8, 4) is 0 Å². The highest BCUT2D eigenvalue weighted by Crippen LogP contribution is 2.08. The van der Waals surface area contributed by atoms with Gasteiger partial charge in [-0.05, 0) is 40.2 Å². The number of hydrogen-bond donors (Lipinski definition) is 1. The van der Waals surface area contributed by atoms with Crippen molar-refractivity contribution in [2.24, 2.45) is 5.92 Å². The third kappa shape index (κ3) is 4.35. The number of aryl methyl sites for hydroxylation is 1. The maximum absolute atomic E-state index is 4.41. The molecule has 0 saturated carbocycles. The van der Waals surface area contributed by atoms with E-state index in [1.165, 1.54) is 5.82 Å². The third-order valence-electron chi connectivity index (χ3n) is 2.65. The van der Waals surface area contributed by atoms with Gasteiger partial charge in [0, 0.05) is 30.9 Å². The van der Waals surface area contributed by atoms with E-state index in [9.17, 15) is 0 Å². The van der Waals surface area contributed by atoms with E-state index in [2.05, 4.69) is 55.7 Å². The highest BCUT2D eigenvalue weighted by atomic mass is 15.1. The molecule has 1 unspecified atom stereocenters. The SMILES string of the molecule is CCn1ccnc1CC(C)CNC(C)(C)C. The van der Waals surface area contributed by atoms with E-state index in [-0.39, 0.29) is 5.54 Å². The Hall–Kier alpha value is -0.830. The highest BCUT2D eigenvalue weighted by Gasteiger charge is 2.13. The molecule has 0 fully saturated rings. The van der Waals surface area contributed by atoms with Crippen LogP contribution in [0.5, 0.6) is 0 Å². The first-order valence-electron chi connectivity index (χ1n) is 6.17. The molecule has 0 bridgehead atoms. The zero-order chi connectivity index (χ0) is 12.2. The number of rotatable bonds is 5. The van der Waals surface area contributed by atoms with Crippen molar-refractivity contribution in [1.82, 2.24) is 14.9 Å². The third-order valence-corrected chi connectivity index (χ3v) is 2.65. The van der Waals surface area contributed by atoms with Gasteiger partial charge in [-0.2, -0.15) is 0 Å². The molecule has 3 nitrogen and oxygen atoms in total. The van der Waals surface area contributed by atoms with Crippen LogP contribution in [0.3, 0.4) is 0 Å². The predicted octanol–water partition coefficient (Wildman–Crippen LogP) is 2.47. The number of nitrogens with zero attached hydrogens (tertiary/aromatic N) is 2. The van der Waals surface area contributed by atoms with Crippen LogP contribution >= 0.6 is 0 Å². The summed E-state index contributed by atoms with van der Waals surface area (Å²) in [6, 6.07) is 0. The first-order chi connectivity index (χ1) is 7.42. The zero-order valence-corrected chi connectivity index (χ0v) is 11.2. The molecule has 1 N–H and O–H groups in total. The van der Waals surface area contributed by atoms with Gasteiger partial charge in [0.2, 0.25) is 0 Å². The molecule has 1 aromatic rings. The lowest BCUT2D eigenvalue weighted by Crippen LogP contribution is -2.39. The van der Waals surface area contributed by atoms with Gasteiger partial charge in [0.25, 0.3) is 0 Å². The van der Waals surface area contributed by atoms with Crippen LogP contribution in [0.25, 0.3) is 0 Å². The summed E-state index contributed by atoms with van der Waals surface area (Å²) in [6.07, 6.45) is 4.99. The Morgan fingerprint density at radius 1 is 1.44 bits per heavy atom. The Morgan fingerprint density at radius 3 is 2.69 bits per heavy atom. The topological polar surface area (TPSA) is 29.9 Å². The maximum Gasteiger partial charge on any atom is 0.108 e. The van der Waals surface area contributed by atoms with Gasteiger partial charge in [0.1, 0.15) is 5.82 Å². The van der Waals surface area contributed by atoms with E-state index in [0.29, 0.717) is 5.92 Å². The van der Waals surface area contributed by atoms with Crippen molar-refractivity contribution >= 4 is 0 Å². The quantitative estimate of drug-likeness (QED) is 0.831. The first-order valence-corrected chi connectivity index (χ1v) is 6.17. The average molecular weight is 223 g/mol. The number of hydrogen-bond acceptors (Lipinski definition) is 2. The normalized spacial score (nSPS) is 14.1. The Balaban J connectivity index is 2.42. The van der Waals surface area contributed by atoms with E-state index in [0.717, 1.165) is 19.5 Å². The van der Waals surface area contributed by atoms with Crippen LogP contribution < -0.4 is 5.32 Å². The number of imidazole rings is 1. The van der Waals surface area contributed by atoms with Gasteiger partial charge in [-0.15, -0.1) is 0 Å². The van der Waals surface area contributed by atoms with Gasteiger partial charge in [-0.3, -0.25) is 0 Å². The van der Waals surface area contributed by atoms with E-state index in [4.69, 9.17) is 0 Å². The fraction of sp³-hybridized carbons (Fsp3) is 0.769. The standard InChI is InChI=1S/C13H25N3/c1-6-16-8-7-14-12(16)9-11(2)10-15-13(3,4)5/h7-8,11,15H,6,9-10H2,1-5H3. The molecule has 0 aliphatic rings. The molecule has 1 aromatic heterocycles. The summed E-state index contributed by atoms with van der Waals surface area (Å²) < 4.78 is 2.22. The van der Waals surface area contributed by atoms with E-state index < -0.39 is 0 Å². The van der Waals surface area contributed by atoms with Crippen molar-refractivity contribution in [2.45, 2.75) is 53.1 Å². The molecule has 1 heterocycles. The smallest absolute Gasteiger partial charge is 0.108 e.